The highest BCUT2D eigenvalue weighted by Crippen LogP contribution is 2.28. The van der Waals surface area contributed by atoms with E-state index in [2.05, 4.69) is 36.3 Å². The Morgan fingerprint density at radius 1 is 1.36 bits per heavy atom. The van der Waals surface area contributed by atoms with Gasteiger partial charge in [-0.25, -0.2) is 4.99 Å². The van der Waals surface area contributed by atoms with Gasteiger partial charge in [0.1, 0.15) is 0 Å². The topological polar surface area (TPSA) is 66.0 Å². The van der Waals surface area contributed by atoms with Crippen LogP contribution >= 0.6 is 0 Å². The van der Waals surface area contributed by atoms with Gasteiger partial charge in [-0.15, -0.1) is 0 Å². The number of carbonyl (C=O) groups excluding carboxylic acids is 1. The lowest BCUT2D eigenvalue weighted by molar-refractivity contribution is 0.0857. The SMILES string of the molecule is CCNC(=NCc1cccc(C(=O)NCC2CCCO2)c1)N1CCC(C)(C)C1. The molecule has 0 aliphatic carbocycles. The molecular weight excluding hydrogens is 352 g/mol. The molecule has 0 saturated carbocycles. The lowest BCUT2D eigenvalue weighted by atomic mass is 9.93. The first-order chi connectivity index (χ1) is 13.5. The van der Waals surface area contributed by atoms with E-state index in [4.69, 9.17) is 9.73 Å². The number of ether oxygens (including phenoxy) is 1. The summed E-state index contributed by atoms with van der Waals surface area (Å²) in [6, 6.07) is 7.74. The standard InChI is InChI=1S/C22H34N4O2/c1-4-23-21(26-11-10-22(2,3)16-26)25-14-17-7-5-8-18(13-17)20(27)24-15-19-9-6-12-28-19/h5,7-8,13,19H,4,6,9-12,14-16H2,1-3H3,(H,23,25)(H,24,27). The number of aliphatic imine (C=N–C) groups is 1. The van der Waals surface area contributed by atoms with Crippen LogP contribution < -0.4 is 10.6 Å². The second kappa shape index (κ2) is 9.41. The molecule has 0 bridgehead atoms. The summed E-state index contributed by atoms with van der Waals surface area (Å²) in [6.07, 6.45) is 3.44. The maximum Gasteiger partial charge on any atom is 0.251 e. The van der Waals surface area contributed by atoms with E-state index in [1.165, 1.54) is 6.42 Å². The van der Waals surface area contributed by atoms with Crippen LogP contribution in [0.5, 0.6) is 0 Å². The van der Waals surface area contributed by atoms with Crippen molar-refractivity contribution in [1.82, 2.24) is 15.5 Å². The van der Waals surface area contributed by atoms with Gasteiger partial charge in [-0.05, 0) is 49.3 Å². The van der Waals surface area contributed by atoms with Crippen LogP contribution in [0.25, 0.3) is 0 Å². The summed E-state index contributed by atoms with van der Waals surface area (Å²) in [4.78, 5) is 19.6. The zero-order valence-corrected chi connectivity index (χ0v) is 17.5. The molecule has 2 N–H and O–H groups in total. The second-order valence-corrected chi connectivity index (χ2v) is 8.55. The Balaban J connectivity index is 1.60. The monoisotopic (exact) mass is 386 g/mol. The van der Waals surface area contributed by atoms with Crippen LogP contribution in [0.2, 0.25) is 0 Å². The minimum atomic E-state index is -0.0467. The Labute approximate surface area is 168 Å². The van der Waals surface area contributed by atoms with Gasteiger partial charge in [-0.2, -0.15) is 0 Å². The highest BCUT2D eigenvalue weighted by molar-refractivity contribution is 5.94. The van der Waals surface area contributed by atoms with Crippen LogP contribution in [0.3, 0.4) is 0 Å². The highest BCUT2D eigenvalue weighted by Gasteiger charge is 2.30. The fraction of sp³-hybridized carbons (Fsp3) is 0.636. The first kappa shape index (κ1) is 20.6. The smallest absolute Gasteiger partial charge is 0.251 e. The first-order valence-corrected chi connectivity index (χ1v) is 10.5. The van der Waals surface area contributed by atoms with Gasteiger partial charge in [0, 0.05) is 38.3 Å². The largest absolute Gasteiger partial charge is 0.376 e. The molecule has 1 amide bonds. The lowest BCUT2D eigenvalue weighted by Crippen LogP contribution is -2.40. The van der Waals surface area contributed by atoms with Gasteiger partial charge in [0.05, 0.1) is 12.6 Å². The number of hydrogen-bond acceptors (Lipinski definition) is 3. The fourth-order valence-corrected chi connectivity index (χ4v) is 3.81. The van der Waals surface area contributed by atoms with Crippen molar-refractivity contribution in [2.45, 2.75) is 52.7 Å². The second-order valence-electron chi connectivity index (χ2n) is 8.55. The van der Waals surface area contributed by atoms with E-state index in [0.717, 1.165) is 50.6 Å². The molecular formula is C22H34N4O2. The molecule has 2 aliphatic heterocycles. The Morgan fingerprint density at radius 3 is 2.89 bits per heavy atom. The van der Waals surface area contributed by atoms with Crippen molar-refractivity contribution in [3.63, 3.8) is 0 Å². The quantitative estimate of drug-likeness (QED) is 0.583. The van der Waals surface area contributed by atoms with E-state index in [1.807, 2.05) is 24.3 Å². The van der Waals surface area contributed by atoms with Crippen molar-refractivity contribution in [1.29, 1.82) is 0 Å². The molecule has 0 aromatic heterocycles. The van der Waals surface area contributed by atoms with Gasteiger partial charge in [-0.3, -0.25) is 4.79 Å². The highest BCUT2D eigenvalue weighted by atomic mass is 16.5. The predicted octanol–water partition coefficient (Wildman–Crippen LogP) is 2.79. The van der Waals surface area contributed by atoms with Crippen molar-refractivity contribution in [2.24, 2.45) is 10.4 Å². The van der Waals surface area contributed by atoms with Crippen molar-refractivity contribution in [2.75, 3.05) is 32.8 Å². The minimum absolute atomic E-state index is 0.0467. The number of guanidine groups is 1. The molecule has 154 valence electrons. The average molecular weight is 387 g/mol. The molecule has 2 saturated heterocycles. The summed E-state index contributed by atoms with van der Waals surface area (Å²) in [5.74, 6) is 0.913. The number of nitrogens with one attached hydrogen (secondary N) is 2. The Morgan fingerprint density at radius 2 is 2.21 bits per heavy atom. The van der Waals surface area contributed by atoms with Crippen LogP contribution in [0.15, 0.2) is 29.3 Å². The molecule has 6 heteroatoms. The first-order valence-electron chi connectivity index (χ1n) is 10.5. The third-order valence-electron chi connectivity index (χ3n) is 5.43. The van der Waals surface area contributed by atoms with Gasteiger partial charge in [-0.1, -0.05) is 26.0 Å². The van der Waals surface area contributed by atoms with Gasteiger partial charge < -0.3 is 20.3 Å². The van der Waals surface area contributed by atoms with Crippen LogP contribution in [0, 0.1) is 5.41 Å². The zero-order valence-electron chi connectivity index (χ0n) is 17.5. The number of carbonyl (C=O) groups is 1. The van der Waals surface area contributed by atoms with E-state index in [9.17, 15) is 4.79 Å². The van der Waals surface area contributed by atoms with E-state index in [0.29, 0.717) is 24.1 Å². The maximum atomic E-state index is 12.5. The summed E-state index contributed by atoms with van der Waals surface area (Å²) in [6.45, 7) is 11.5. The average Bonchev–Trinajstić information content (AvgIpc) is 3.32. The van der Waals surface area contributed by atoms with Gasteiger partial charge in [0.15, 0.2) is 5.96 Å². The normalized spacial score (nSPS) is 21.8. The summed E-state index contributed by atoms with van der Waals surface area (Å²) in [5, 5.41) is 6.39. The molecule has 3 rings (SSSR count). The molecule has 6 nitrogen and oxygen atoms in total. The van der Waals surface area contributed by atoms with Crippen LogP contribution in [-0.4, -0.2) is 55.7 Å². The molecule has 0 radical (unpaired) electrons. The minimum Gasteiger partial charge on any atom is -0.376 e. The number of amides is 1. The van der Waals surface area contributed by atoms with Gasteiger partial charge in [0.25, 0.3) is 5.91 Å². The van der Waals surface area contributed by atoms with E-state index >= 15 is 0 Å². The number of nitrogens with zero attached hydrogens (tertiary/aromatic N) is 2. The number of rotatable bonds is 6. The van der Waals surface area contributed by atoms with Crippen molar-refractivity contribution in [3.05, 3.63) is 35.4 Å². The van der Waals surface area contributed by atoms with E-state index < -0.39 is 0 Å². The molecule has 0 spiro atoms. The van der Waals surface area contributed by atoms with Crippen molar-refractivity contribution < 1.29 is 9.53 Å². The van der Waals surface area contributed by atoms with E-state index in [1.54, 1.807) is 0 Å². The molecule has 1 atom stereocenters. The van der Waals surface area contributed by atoms with Crippen LogP contribution in [-0.2, 0) is 11.3 Å². The third-order valence-corrected chi connectivity index (χ3v) is 5.43. The van der Waals surface area contributed by atoms with E-state index in [-0.39, 0.29) is 12.0 Å². The van der Waals surface area contributed by atoms with Gasteiger partial charge in [0.2, 0.25) is 0 Å². The molecule has 2 fully saturated rings. The Kier molecular flexibility index (Phi) is 6.94. The number of likely N-dealkylation sites (tertiary alicyclic amines) is 1. The molecule has 1 aromatic carbocycles. The summed E-state index contributed by atoms with van der Waals surface area (Å²) in [5.41, 5.74) is 2.05. The Hall–Kier alpha value is -2.08. The predicted molar refractivity (Wildman–Crippen MR) is 113 cm³/mol. The third kappa shape index (κ3) is 5.71. The lowest BCUT2D eigenvalue weighted by Gasteiger charge is -2.23. The number of benzene rings is 1. The van der Waals surface area contributed by atoms with Crippen LogP contribution in [0.1, 0.15) is 56.0 Å². The molecule has 1 unspecified atom stereocenters. The fourth-order valence-electron chi connectivity index (χ4n) is 3.81. The van der Waals surface area contributed by atoms with Gasteiger partial charge >= 0.3 is 0 Å². The Bertz CT molecular complexity index is 696. The zero-order chi connectivity index (χ0) is 20.0. The summed E-state index contributed by atoms with van der Waals surface area (Å²) >= 11 is 0. The summed E-state index contributed by atoms with van der Waals surface area (Å²) in [7, 11) is 0. The van der Waals surface area contributed by atoms with Crippen LogP contribution in [0.4, 0.5) is 0 Å². The molecule has 2 heterocycles. The molecule has 28 heavy (non-hydrogen) atoms. The van der Waals surface area contributed by atoms with Crippen molar-refractivity contribution in [3.8, 4) is 0 Å². The maximum absolute atomic E-state index is 12.5. The number of hydrogen-bond donors (Lipinski definition) is 2. The van der Waals surface area contributed by atoms with Crippen molar-refractivity contribution >= 4 is 11.9 Å². The molecule has 1 aromatic rings. The molecule has 2 aliphatic rings. The summed E-state index contributed by atoms with van der Waals surface area (Å²) < 4.78 is 5.57.